The fraction of sp³-hybridized carbons (Fsp3) is 0.375. The van der Waals surface area contributed by atoms with Crippen LogP contribution in [0.15, 0.2) is 42.7 Å². The number of carbonyl (C=O) groups is 1. The average molecular weight is 269 g/mol. The van der Waals surface area contributed by atoms with Gasteiger partial charge in [0.15, 0.2) is 0 Å². The zero-order valence-corrected chi connectivity index (χ0v) is 11.6. The summed E-state index contributed by atoms with van der Waals surface area (Å²) in [7, 11) is 0. The van der Waals surface area contributed by atoms with Crippen molar-refractivity contribution in [3.05, 3.63) is 53.9 Å². The fourth-order valence-electron chi connectivity index (χ4n) is 2.34. The van der Waals surface area contributed by atoms with Crippen molar-refractivity contribution in [3.63, 3.8) is 0 Å². The summed E-state index contributed by atoms with van der Waals surface area (Å²) in [6, 6.07) is 10.4. The highest BCUT2D eigenvalue weighted by atomic mass is 16.1. The minimum absolute atomic E-state index is 0.0243. The van der Waals surface area contributed by atoms with Crippen molar-refractivity contribution in [1.29, 1.82) is 0 Å². The van der Waals surface area contributed by atoms with E-state index in [2.05, 4.69) is 29.5 Å². The first-order valence-electron chi connectivity index (χ1n) is 7.09. The smallest absolute Gasteiger partial charge is 0.254 e. The summed E-state index contributed by atoms with van der Waals surface area (Å²) in [5.41, 5.74) is 1.81. The third kappa shape index (κ3) is 3.07. The highest BCUT2D eigenvalue weighted by molar-refractivity contribution is 5.93. The summed E-state index contributed by atoms with van der Waals surface area (Å²) >= 11 is 0. The Balaban J connectivity index is 1.62. The maximum atomic E-state index is 12.1. The monoisotopic (exact) mass is 269 g/mol. The van der Waals surface area contributed by atoms with Crippen molar-refractivity contribution in [3.8, 4) is 0 Å². The minimum atomic E-state index is -0.0243. The summed E-state index contributed by atoms with van der Waals surface area (Å²) in [6.45, 7) is 2.76. The molecule has 1 aromatic heterocycles. The minimum Gasteiger partial charge on any atom is -0.349 e. The number of aromatic nitrogens is 2. The highest BCUT2D eigenvalue weighted by Gasteiger charge is 2.29. The van der Waals surface area contributed by atoms with Crippen molar-refractivity contribution in [2.45, 2.75) is 32.4 Å². The molecule has 0 radical (unpaired) electrons. The van der Waals surface area contributed by atoms with Crippen LogP contribution in [0.25, 0.3) is 0 Å². The second-order valence-electron chi connectivity index (χ2n) is 5.51. The van der Waals surface area contributed by atoms with Crippen LogP contribution in [0, 0.1) is 5.92 Å². The molecule has 2 aromatic rings. The molecule has 1 aliphatic rings. The van der Waals surface area contributed by atoms with Gasteiger partial charge in [-0.05, 0) is 31.2 Å². The molecule has 104 valence electrons. The Bertz CT molecular complexity index is 587. The number of nitrogens with zero attached hydrogens (tertiary/aromatic N) is 2. The Morgan fingerprint density at radius 3 is 2.85 bits per heavy atom. The first kappa shape index (κ1) is 12.9. The molecule has 1 atom stereocenters. The molecule has 20 heavy (non-hydrogen) atoms. The molecule has 0 bridgehead atoms. The Kier molecular flexibility index (Phi) is 3.54. The van der Waals surface area contributed by atoms with Gasteiger partial charge in [0, 0.05) is 12.2 Å². The standard InChI is InChI=1S/C16H19N3O/c1-12(14-7-8-14)18-16(20)15-9-17-19(11-15)10-13-5-3-2-4-6-13/h2-6,9,11-12,14H,7-8,10H2,1H3,(H,18,20)/t12-/m1/s1. The summed E-state index contributed by atoms with van der Waals surface area (Å²) in [4.78, 5) is 12.1. The lowest BCUT2D eigenvalue weighted by Gasteiger charge is -2.11. The maximum absolute atomic E-state index is 12.1. The van der Waals surface area contributed by atoms with Crippen LogP contribution in [0.2, 0.25) is 0 Å². The van der Waals surface area contributed by atoms with Crippen LogP contribution >= 0.6 is 0 Å². The molecule has 1 amide bonds. The van der Waals surface area contributed by atoms with Gasteiger partial charge in [0.1, 0.15) is 0 Å². The van der Waals surface area contributed by atoms with E-state index in [9.17, 15) is 4.79 Å². The van der Waals surface area contributed by atoms with E-state index in [4.69, 9.17) is 0 Å². The van der Waals surface area contributed by atoms with Gasteiger partial charge in [0.25, 0.3) is 5.91 Å². The molecule has 3 rings (SSSR count). The van der Waals surface area contributed by atoms with E-state index in [0.29, 0.717) is 18.0 Å². The van der Waals surface area contributed by atoms with Gasteiger partial charge in [-0.3, -0.25) is 9.48 Å². The van der Waals surface area contributed by atoms with Crippen LogP contribution in [0.5, 0.6) is 0 Å². The molecular formula is C16H19N3O. The lowest BCUT2D eigenvalue weighted by molar-refractivity contribution is 0.0936. The number of carbonyl (C=O) groups excluding carboxylic acids is 1. The van der Waals surface area contributed by atoms with E-state index in [-0.39, 0.29) is 11.9 Å². The Morgan fingerprint density at radius 2 is 2.15 bits per heavy atom. The van der Waals surface area contributed by atoms with E-state index >= 15 is 0 Å². The number of hydrogen-bond donors (Lipinski definition) is 1. The summed E-state index contributed by atoms with van der Waals surface area (Å²) in [5.74, 6) is 0.641. The van der Waals surface area contributed by atoms with Crippen LogP contribution in [0.4, 0.5) is 0 Å². The van der Waals surface area contributed by atoms with E-state index in [1.165, 1.54) is 18.4 Å². The molecule has 0 unspecified atom stereocenters. The van der Waals surface area contributed by atoms with Gasteiger partial charge in [-0.2, -0.15) is 5.10 Å². The number of rotatable bonds is 5. The van der Waals surface area contributed by atoms with Crippen LogP contribution in [-0.2, 0) is 6.54 Å². The number of amides is 1. The van der Waals surface area contributed by atoms with Gasteiger partial charge in [-0.15, -0.1) is 0 Å². The summed E-state index contributed by atoms with van der Waals surface area (Å²) in [5, 5.41) is 7.30. The zero-order chi connectivity index (χ0) is 13.9. The first-order valence-corrected chi connectivity index (χ1v) is 7.09. The Morgan fingerprint density at radius 1 is 1.40 bits per heavy atom. The van der Waals surface area contributed by atoms with E-state index in [1.54, 1.807) is 10.9 Å². The molecule has 1 fully saturated rings. The third-order valence-electron chi connectivity index (χ3n) is 3.77. The molecule has 0 saturated heterocycles. The Labute approximate surface area is 118 Å². The van der Waals surface area contributed by atoms with Crippen LogP contribution in [0.1, 0.15) is 35.7 Å². The van der Waals surface area contributed by atoms with Crippen LogP contribution in [-0.4, -0.2) is 21.7 Å². The number of hydrogen-bond acceptors (Lipinski definition) is 2. The lowest BCUT2D eigenvalue weighted by Crippen LogP contribution is -2.33. The predicted octanol–water partition coefficient (Wildman–Crippen LogP) is 2.46. The average Bonchev–Trinajstić information content (AvgIpc) is 3.20. The number of nitrogens with one attached hydrogen (secondary N) is 1. The van der Waals surface area contributed by atoms with Crippen molar-refractivity contribution in [2.24, 2.45) is 5.92 Å². The fourth-order valence-corrected chi connectivity index (χ4v) is 2.34. The molecule has 1 aromatic carbocycles. The van der Waals surface area contributed by atoms with E-state index < -0.39 is 0 Å². The quantitative estimate of drug-likeness (QED) is 0.906. The number of benzene rings is 1. The Hall–Kier alpha value is -2.10. The summed E-state index contributed by atoms with van der Waals surface area (Å²) in [6.07, 6.45) is 5.91. The van der Waals surface area contributed by atoms with Crippen LogP contribution < -0.4 is 5.32 Å². The largest absolute Gasteiger partial charge is 0.349 e. The second kappa shape index (κ2) is 5.49. The van der Waals surface area contributed by atoms with E-state index in [1.807, 2.05) is 24.4 Å². The van der Waals surface area contributed by atoms with E-state index in [0.717, 1.165) is 0 Å². The highest BCUT2D eigenvalue weighted by Crippen LogP contribution is 2.32. The molecule has 0 spiro atoms. The lowest BCUT2D eigenvalue weighted by atomic mass is 10.2. The van der Waals surface area contributed by atoms with Gasteiger partial charge in [0.05, 0.1) is 18.3 Å². The van der Waals surface area contributed by atoms with Gasteiger partial charge < -0.3 is 5.32 Å². The van der Waals surface area contributed by atoms with Gasteiger partial charge >= 0.3 is 0 Å². The molecular weight excluding hydrogens is 250 g/mol. The zero-order valence-electron chi connectivity index (χ0n) is 11.6. The molecule has 4 heteroatoms. The topological polar surface area (TPSA) is 46.9 Å². The van der Waals surface area contributed by atoms with Crippen molar-refractivity contribution in [1.82, 2.24) is 15.1 Å². The molecule has 1 N–H and O–H groups in total. The first-order chi connectivity index (χ1) is 9.72. The normalized spacial score (nSPS) is 15.8. The van der Waals surface area contributed by atoms with Crippen molar-refractivity contribution in [2.75, 3.05) is 0 Å². The predicted molar refractivity (Wildman–Crippen MR) is 77.4 cm³/mol. The van der Waals surface area contributed by atoms with Gasteiger partial charge in [-0.25, -0.2) is 0 Å². The van der Waals surface area contributed by atoms with Crippen LogP contribution in [0.3, 0.4) is 0 Å². The van der Waals surface area contributed by atoms with Gasteiger partial charge in [0.2, 0.25) is 0 Å². The molecule has 1 heterocycles. The van der Waals surface area contributed by atoms with Gasteiger partial charge in [-0.1, -0.05) is 30.3 Å². The van der Waals surface area contributed by atoms with Crippen molar-refractivity contribution < 1.29 is 4.79 Å². The maximum Gasteiger partial charge on any atom is 0.254 e. The van der Waals surface area contributed by atoms with Crippen molar-refractivity contribution >= 4 is 5.91 Å². The molecule has 1 saturated carbocycles. The summed E-state index contributed by atoms with van der Waals surface area (Å²) < 4.78 is 1.80. The second-order valence-corrected chi connectivity index (χ2v) is 5.51. The molecule has 4 nitrogen and oxygen atoms in total. The third-order valence-corrected chi connectivity index (χ3v) is 3.77. The molecule has 1 aliphatic carbocycles. The SMILES string of the molecule is C[C@@H](NC(=O)c1cnn(Cc2ccccc2)c1)C1CC1. The molecule has 0 aliphatic heterocycles.